The van der Waals surface area contributed by atoms with Gasteiger partial charge in [-0.3, -0.25) is 4.79 Å². The Morgan fingerprint density at radius 1 is 1.33 bits per heavy atom. The van der Waals surface area contributed by atoms with Gasteiger partial charge in [0.2, 0.25) is 0 Å². The number of urea groups is 1. The predicted molar refractivity (Wildman–Crippen MR) is 77.1 cm³/mol. The minimum atomic E-state index is -0.917. The summed E-state index contributed by atoms with van der Waals surface area (Å²) in [4.78, 5) is 24.1. The van der Waals surface area contributed by atoms with Crippen LogP contribution in [0.5, 0.6) is 0 Å². The minimum Gasteiger partial charge on any atom is -0.481 e. The van der Waals surface area contributed by atoms with Gasteiger partial charge in [0.25, 0.3) is 0 Å². The molecule has 1 fully saturated rings. The third-order valence-electron chi connectivity index (χ3n) is 3.35. The Bertz CT molecular complexity index is 478. The molecule has 0 spiro atoms. The van der Waals surface area contributed by atoms with Crippen molar-refractivity contribution in [2.75, 3.05) is 26.2 Å². The van der Waals surface area contributed by atoms with E-state index in [1.165, 1.54) is 5.56 Å². The maximum Gasteiger partial charge on any atom is 0.317 e. The van der Waals surface area contributed by atoms with Gasteiger partial charge in [0.05, 0.1) is 19.1 Å². The molecule has 0 saturated carbocycles. The number of benzene rings is 1. The molecule has 1 aliphatic heterocycles. The molecule has 1 unspecified atom stereocenters. The van der Waals surface area contributed by atoms with Crippen LogP contribution in [0.15, 0.2) is 30.3 Å². The number of hydrogen-bond acceptors (Lipinski definition) is 3. The minimum absolute atomic E-state index is 0.0219. The van der Waals surface area contributed by atoms with E-state index in [1.54, 1.807) is 4.90 Å². The van der Waals surface area contributed by atoms with E-state index in [9.17, 15) is 9.59 Å². The number of morpholine rings is 1. The van der Waals surface area contributed by atoms with Gasteiger partial charge in [-0.25, -0.2) is 4.79 Å². The van der Waals surface area contributed by atoms with E-state index < -0.39 is 5.97 Å². The summed E-state index contributed by atoms with van der Waals surface area (Å²) in [6.07, 6.45) is 0.676. The van der Waals surface area contributed by atoms with Crippen LogP contribution in [0.4, 0.5) is 4.79 Å². The number of carbonyl (C=O) groups is 2. The summed E-state index contributed by atoms with van der Waals surface area (Å²) < 4.78 is 5.69. The maximum atomic E-state index is 11.9. The lowest BCUT2D eigenvalue weighted by Gasteiger charge is -2.33. The second-order valence-corrected chi connectivity index (χ2v) is 5.00. The first kappa shape index (κ1) is 15.3. The van der Waals surface area contributed by atoms with Crippen molar-refractivity contribution in [1.82, 2.24) is 10.2 Å². The van der Waals surface area contributed by atoms with Crippen molar-refractivity contribution in [3.05, 3.63) is 35.9 Å². The van der Waals surface area contributed by atoms with Crippen molar-refractivity contribution in [3.63, 3.8) is 0 Å². The van der Waals surface area contributed by atoms with Crippen LogP contribution in [0.1, 0.15) is 12.0 Å². The number of carboxylic acids is 1. The molecule has 6 heteroatoms. The van der Waals surface area contributed by atoms with Crippen LogP contribution in [0.3, 0.4) is 0 Å². The van der Waals surface area contributed by atoms with Gasteiger partial charge in [0, 0.05) is 26.1 Å². The fourth-order valence-electron chi connectivity index (χ4n) is 2.29. The number of carbonyl (C=O) groups excluding carboxylic acids is 1. The second-order valence-electron chi connectivity index (χ2n) is 5.00. The highest BCUT2D eigenvalue weighted by Crippen LogP contribution is 2.11. The summed E-state index contributed by atoms with van der Waals surface area (Å²) in [5.41, 5.74) is 1.18. The lowest BCUT2D eigenvalue weighted by molar-refractivity contribution is -0.136. The van der Waals surface area contributed by atoms with Crippen LogP contribution in [-0.2, 0) is 16.0 Å². The first-order valence-electron chi connectivity index (χ1n) is 7.05. The van der Waals surface area contributed by atoms with E-state index in [0.717, 1.165) is 6.42 Å². The third kappa shape index (κ3) is 5.07. The standard InChI is InChI=1S/C15H20N2O4/c18-14(19)6-7-16-15(20)17-8-9-21-13(11-17)10-12-4-2-1-3-5-12/h1-5,13H,6-11H2,(H,16,20)(H,18,19). The van der Waals surface area contributed by atoms with E-state index in [1.807, 2.05) is 30.3 Å². The Morgan fingerprint density at radius 3 is 2.81 bits per heavy atom. The quantitative estimate of drug-likeness (QED) is 0.852. The highest BCUT2D eigenvalue weighted by molar-refractivity contribution is 5.75. The normalized spacial score (nSPS) is 18.3. The van der Waals surface area contributed by atoms with Gasteiger partial charge in [-0.2, -0.15) is 0 Å². The Balaban J connectivity index is 1.80. The highest BCUT2D eigenvalue weighted by atomic mass is 16.5. The van der Waals surface area contributed by atoms with E-state index in [4.69, 9.17) is 9.84 Å². The lowest BCUT2D eigenvalue weighted by Crippen LogP contribution is -2.50. The number of amides is 2. The van der Waals surface area contributed by atoms with Gasteiger partial charge in [-0.1, -0.05) is 30.3 Å². The SMILES string of the molecule is O=C(O)CCNC(=O)N1CCOC(Cc2ccccc2)C1. The van der Waals surface area contributed by atoms with Crippen molar-refractivity contribution < 1.29 is 19.4 Å². The zero-order chi connectivity index (χ0) is 15.1. The van der Waals surface area contributed by atoms with E-state index >= 15 is 0 Å². The average Bonchev–Trinajstić information content (AvgIpc) is 2.48. The van der Waals surface area contributed by atoms with E-state index in [2.05, 4.69) is 5.32 Å². The summed E-state index contributed by atoms with van der Waals surface area (Å²) in [6.45, 7) is 1.71. The van der Waals surface area contributed by atoms with Crippen molar-refractivity contribution >= 4 is 12.0 Å². The molecule has 1 aliphatic rings. The van der Waals surface area contributed by atoms with E-state index in [0.29, 0.717) is 19.7 Å². The molecule has 114 valence electrons. The summed E-state index contributed by atoms with van der Waals surface area (Å²) in [7, 11) is 0. The van der Waals surface area contributed by atoms with Crippen molar-refractivity contribution in [2.45, 2.75) is 18.9 Å². The van der Waals surface area contributed by atoms with Crippen molar-refractivity contribution in [3.8, 4) is 0 Å². The smallest absolute Gasteiger partial charge is 0.317 e. The number of nitrogens with one attached hydrogen (secondary N) is 1. The van der Waals surface area contributed by atoms with Crippen LogP contribution in [0.2, 0.25) is 0 Å². The zero-order valence-corrected chi connectivity index (χ0v) is 11.8. The summed E-state index contributed by atoms with van der Waals surface area (Å²) >= 11 is 0. The second kappa shape index (κ2) is 7.64. The highest BCUT2D eigenvalue weighted by Gasteiger charge is 2.24. The number of hydrogen-bond donors (Lipinski definition) is 2. The van der Waals surface area contributed by atoms with Gasteiger partial charge in [0.15, 0.2) is 0 Å². The van der Waals surface area contributed by atoms with E-state index in [-0.39, 0.29) is 25.1 Å². The molecule has 2 amide bonds. The summed E-state index contributed by atoms with van der Waals surface area (Å²) in [5, 5.41) is 11.2. The number of aliphatic carboxylic acids is 1. The van der Waals surface area contributed by atoms with Crippen molar-refractivity contribution in [1.29, 1.82) is 0 Å². The zero-order valence-electron chi connectivity index (χ0n) is 11.8. The fraction of sp³-hybridized carbons (Fsp3) is 0.467. The number of rotatable bonds is 5. The fourth-order valence-corrected chi connectivity index (χ4v) is 2.29. The van der Waals surface area contributed by atoms with Gasteiger partial charge in [-0.15, -0.1) is 0 Å². The Hall–Kier alpha value is -2.08. The van der Waals surface area contributed by atoms with Crippen molar-refractivity contribution in [2.24, 2.45) is 0 Å². The molecule has 1 saturated heterocycles. The lowest BCUT2D eigenvalue weighted by atomic mass is 10.1. The number of nitrogens with zero attached hydrogens (tertiary/aromatic N) is 1. The molecule has 0 radical (unpaired) electrons. The number of ether oxygens (including phenoxy) is 1. The molecule has 1 aromatic rings. The molecule has 21 heavy (non-hydrogen) atoms. The molecular formula is C15H20N2O4. The van der Waals surface area contributed by atoms with Crippen LogP contribution < -0.4 is 5.32 Å². The first-order valence-corrected chi connectivity index (χ1v) is 7.05. The summed E-state index contributed by atoms with van der Waals surface area (Å²) in [6, 6.07) is 9.78. The van der Waals surface area contributed by atoms with Gasteiger partial charge in [-0.05, 0) is 5.56 Å². The topological polar surface area (TPSA) is 78.9 Å². The summed E-state index contributed by atoms with van der Waals surface area (Å²) in [5.74, 6) is -0.917. The maximum absolute atomic E-state index is 11.9. The monoisotopic (exact) mass is 292 g/mol. The first-order chi connectivity index (χ1) is 10.1. The molecule has 6 nitrogen and oxygen atoms in total. The largest absolute Gasteiger partial charge is 0.481 e. The van der Waals surface area contributed by atoms with Gasteiger partial charge < -0.3 is 20.1 Å². The van der Waals surface area contributed by atoms with Crippen LogP contribution in [0.25, 0.3) is 0 Å². The predicted octanol–water partition coefficient (Wildman–Crippen LogP) is 1.11. The Morgan fingerprint density at radius 2 is 2.10 bits per heavy atom. The number of carboxylic acid groups (broad SMARTS) is 1. The molecular weight excluding hydrogens is 272 g/mol. The van der Waals surface area contributed by atoms with Crippen LogP contribution >= 0.6 is 0 Å². The van der Waals surface area contributed by atoms with Crippen LogP contribution in [0, 0.1) is 0 Å². The molecule has 2 N–H and O–H groups in total. The third-order valence-corrected chi connectivity index (χ3v) is 3.35. The van der Waals surface area contributed by atoms with Gasteiger partial charge >= 0.3 is 12.0 Å². The molecule has 1 aromatic carbocycles. The molecule has 1 heterocycles. The Labute approximate surface area is 123 Å². The molecule has 1 atom stereocenters. The van der Waals surface area contributed by atoms with Crippen LogP contribution in [-0.4, -0.2) is 54.4 Å². The molecule has 0 aliphatic carbocycles. The Kier molecular flexibility index (Phi) is 5.57. The molecule has 0 bridgehead atoms. The molecule has 2 rings (SSSR count). The molecule has 0 aromatic heterocycles. The van der Waals surface area contributed by atoms with Gasteiger partial charge in [0.1, 0.15) is 0 Å². The average molecular weight is 292 g/mol.